The molecule has 0 aromatic heterocycles. The Kier molecular flexibility index (Phi) is 5.44. The van der Waals surface area contributed by atoms with Crippen LogP contribution in [-0.2, 0) is 9.53 Å². The molecule has 4 nitrogen and oxygen atoms in total. The molecule has 112 valence electrons. The summed E-state index contributed by atoms with van der Waals surface area (Å²) in [4.78, 5) is 11.6. The van der Waals surface area contributed by atoms with Crippen molar-refractivity contribution in [1.82, 2.24) is 0 Å². The van der Waals surface area contributed by atoms with Gasteiger partial charge in [-0.25, -0.2) is 8.78 Å². The van der Waals surface area contributed by atoms with Crippen LogP contribution in [0.1, 0.15) is 27.2 Å². The molecule has 1 aromatic carbocycles. The van der Waals surface area contributed by atoms with Gasteiger partial charge in [0, 0.05) is 12.5 Å². The molecule has 1 rings (SSSR count). The van der Waals surface area contributed by atoms with E-state index in [1.54, 1.807) is 13.8 Å². The second-order valence-corrected chi connectivity index (χ2v) is 4.85. The maximum absolute atomic E-state index is 13.4. The molecule has 20 heavy (non-hydrogen) atoms. The van der Waals surface area contributed by atoms with E-state index in [1.807, 2.05) is 0 Å². The van der Waals surface area contributed by atoms with Crippen LogP contribution in [0, 0.1) is 11.6 Å². The first-order valence-electron chi connectivity index (χ1n) is 6.34. The smallest absolute Gasteiger partial charge is 0.325 e. The first-order chi connectivity index (χ1) is 9.26. The fourth-order valence-electron chi connectivity index (χ4n) is 1.80. The Bertz CT molecular complexity index is 477. The van der Waals surface area contributed by atoms with E-state index in [4.69, 9.17) is 15.2 Å². The topological polar surface area (TPSA) is 61.5 Å². The number of ether oxygens (including phenoxy) is 2. The van der Waals surface area contributed by atoms with Crippen LogP contribution in [0.25, 0.3) is 0 Å². The summed E-state index contributed by atoms with van der Waals surface area (Å²) in [7, 11) is 0. The third-order valence-electron chi connectivity index (χ3n) is 2.67. The minimum absolute atomic E-state index is 0.113. The molecule has 1 aromatic rings. The average molecular weight is 287 g/mol. The summed E-state index contributed by atoms with van der Waals surface area (Å²) in [5, 5.41) is 0. The van der Waals surface area contributed by atoms with Gasteiger partial charge in [0.15, 0.2) is 11.6 Å². The van der Waals surface area contributed by atoms with E-state index in [2.05, 4.69) is 0 Å². The van der Waals surface area contributed by atoms with Crippen molar-refractivity contribution in [2.24, 2.45) is 5.73 Å². The zero-order valence-corrected chi connectivity index (χ0v) is 11.8. The van der Waals surface area contributed by atoms with E-state index in [0.717, 1.165) is 18.2 Å². The summed E-state index contributed by atoms with van der Waals surface area (Å²) < 4.78 is 36.6. The summed E-state index contributed by atoms with van der Waals surface area (Å²) in [6, 6.07) is 2.92. The monoisotopic (exact) mass is 287 g/mol. The lowest BCUT2D eigenvalue weighted by atomic mass is 9.96. The molecule has 0 aliphatic heterocycles. The average Bonchev–Trinajstić information content (AvgIpc) is 2.33. The normalized spacial score (nSPS) is 15.3. The number of benzene rings is 1. The molecule has 0 bridgehead atoms. The zero-order chi connectivity index (χ0) is 15.3. The van der Waals surface area contributed by atoms with E-state index >= 15 is 0 Å². The molecular weight excluding hydrogens is 268 g/mol. The molecule has 2 atom stereocenters. The number of carbonyl (C=O) groups is 1. The number of hydrogen-bond donors (Lipinski definition) is 1. The summed E-state index contributed by atoms with van der Waals surface area (Å²) in [5.41, 5.74) is 4.60. The fourth-order valence-corrected chi connectivity index (χ4v) is 1.80. The first-order valence-corrected chi connectivity index (χ1v) is 6.34. The molecular formula is C14H19F2NO3. The largest absolute Gasteiger partial charge is 0.487 e. The van der Waals surface area contributed by atoms with Gasteiger partial charge in [-0.15, -0.1) is 0 Å². The molecule has 0 spiro atoms. The van der Waals surface area contributed by atoms with Gasteiger partial charge in [0.2, 0.25) is 0 Å². The fraction of sp³-hybridized carbons (Fsp3) is 0.500. The third kappa shape index (κ3) is 4.45. The highest BCUT2D eigenvalue weighted by molar-refractivity contribution is 5.80. The lowest BCUT2D eigenvalue weighted by Crippen LogP contribution is -2.49. The van der Waals surface area contributed by atoms with Gasteiger partial charge in [0.25, 0.3) is 0 Å². The molecule has 0 radical (unpaired) electrons. The van der Waals surface area contributed by atoms with Crippen LogP contribution in [0.3, 0.4) is 0 Å². The SMILES string of the molecule is CCOC(=O)C(C)(N)CC(C)Oc1cc(F)ccc1F. The standard InChI is InChI=1S/C14H19F2NO3/c1-4-19-13(18)14(3,17)8-9(2)20-12-7-10(15)5-6-11(12)16/h5-7,9H,4,8,17H2,1-3H3. The Balaban J connectivity index is 2.69. The Morgan fingerprint density at radius 2 is 2.10 bits per heavy atom. The van der Waals surface area contributed by atoms with Crippen molar-refractivity contribution in [2.75, 3.05) is 6.61 Å². The molecule has 0 amide bonds. The quantitative estimate of drug-likeness (QED) is 0.816. The number of esters is 1. The van der Waals surface area contributed by atoms with Crippen molar-refractivity contribution in [2.45, 2.75) is 38.8 Å². The zero-order valence-electron chi connectivity index (χ0n) is 11.8. The maximum Gasteiger partial charge on any atom is 0.325 e. The number of rotatable bonds is 6. The van der Waals surface area contributed by atoms with Crippen LogP contribution in [0.15, 0.2) is 18.2 Å². The second-order valence-electron chi connectivity index (χ2n) is 4.85. The Morgan fingerprint density at radius 3 is 2.70 bits per heavy atom. The molecule has 2 N–H and O–H groups in total. The predicted octanol–water partition coefficient (Wildman–Crippen LogP) is 2.40. The van der Waals surface area contributed by atoms with Crippen LogP contribution in [0.5, 0.6) is 5.75 Å². The van der Waals surface area contributed by atoms with E-state index < -0.39 is 29.2 Å². The maximum atomic E-state index is 13.4. The molecule has 0 saturated carbocycles. The van der Waals surface area contributed by atoms with Crippen LogP contribution >= 0.6 is 0 Å². The van der Waals surface area contributed by atoms with Gasteiger partial charge < -0.3 is 15.2 Å². The van der Waals surface area contributed by atoms with E-state index in [-0.39, 0.29) is 18.8 Å². The van der Waals surface area contributed by atoms with Crippen molar-refractivity contribution < 1.29 is 23.0 Å². The van der Waals surface area contributed by atoms with Crippen molar-refractivity contribution in [3.8, 4) is 5.75 Å². The van der Waals surface area contributed by atoms with Gasteiger partial charge in [-0.3, -0.25) is 4.79 Å². The molecule has 0 saturated heterocycles. The number of nitrogens with two attached hydrogens (primary N) is 1. The number of halogens is 2. The van der Waals surface area contributed by atoms with Crippen molar-refractivity contribution >= 4 is 5.97 Å². The summed E-state index contributed by atoms with van der Waals surface area (Å²) >= 11 is 0. The molecule has 0 heterocycles. The molecule has 0 fully saturated rings. The predicted molar refractivity (Wildman–Crippen MR) is 70.3 cm³/mol. The third-order valence-corrected chi connectivity index (χ3v) is 2.67. The highest BCUT2D eigenvalue weighted by Gasteiger charge is 2.32. The van der Waals surface area contributed by atoms with Crippen LogP contribution < -0.4 is 10.5 Å². The lowest BCUT2D eigenvalue weighted by Gasteiger charge is -2.26. The highest BCUT2D eigenvalue weighted by atomic mass is 19.1. The minimum Gasteiger partial charge on any atom is -0.487 e. The second kappa shape index (κ2) is 6.65. The Hall–Kier alpha value is -1.69. The molecule has 6 heteroatoms. The molecule has 0 aliphatic carbocycles. The van der Waals surface area contributed by atoms with Gasteiger partial charge in [-0.2, -0.15) is 0 Å². The molecule has 2 unspecified atom stereocenters. The van der Waals surface area contributed by atoms with Crippen LogP contribution in [-0.4, -0.2) is 24.2 Å². The summed E-state index contributed by atoms with van der Waals surface area (Å²) in [6.45, 7) is 5.02. The number of hydrogen-bond acceptors (Lipinski definition) is 4. The highest BCUT2D eigenvalue weighted by Crippen LogP contribution is 2.22. The van der Waals surface area contributed by atoms with Crippen LogP contribution in [0.4, 0.5) is 8.78 Å². The Morgan fingerprint density at radius 1 is 1.45 bits per heavy atom. The van der Waals surface area contributed by atoms with Gasteiger partial charge in [-0.05, 0) is 32.9 Å². The first kappa shape index (κ1) is 16.4. The van der Waals surface area contributed by atoms with Crippen molar-refractivity contribution in [3.63, 3.8) is 0 Å². The van der Waals surface area contributed by atoms with Gasteiger partial charge in [-0.1, -0.05) is 0 Å². The van der Waals surface area contributed by atoms with Gasteiger partial charge in [0.1, 0.15) is 11.4 Å². The van der Waals surface area contributed by atoms with E-state index in [9.17, 15) is 13.6 Å². The van der Waals surface area contributed by atoms with Gasteiger partial charge in [0.05, 0.1) is 12.7 Å². The Labute approximate surface area is 116 Å². The van der Waals surface area contributed by atoms with E-state index in [0.29, 0.717) is 0 Å². The summed E-state index contributed by atoms with van der Waals surface area (Å²) in [6.07, 6.45) is -0.465. The number of carbonyl (C=O) groups excluding carboxylic acids is 1. The van der Waals surface area contributed by atoms with Crippen molar-refractivity contribution in [3.05, 3.63) is 29.8 Å². The van der Waals surface area contributed by atoms with E-state index in [1.165, 1.54) is 6.92 Å². The summed E-state index contributed by atoms with van der Waals surface area (Å²) in [5.74, 6) is -2.05. The minimum atomic E-state index is -1.25. The lowest BCUT2D eigenvalue weighted by molar-refractivity contribution is -0.149. The van der Waals surface area contributed by atoms with Crippen LogP contribution in [0.2, 0.25) is 0 Å². The van der Waals surface area contributed by atoms with Crippen molar-refractivity contribution in [1.29, 1.82) is 0 Å². The van der Waals surface area contributed by atoms with Gasteiger partial charge >= 0.3 is 5.97 Å². The molecule has 0 aliphatic rings.